The third-order valence-corrected chi connectivity index (χ3v) is 3.22. The summed E-state index contributed by atoms with van der Waals surface area (Å²) in [4.78, 5) is 23.7. The normalized spacial score (nSPS) is 11.7. The Morgan fingerprint density at radius 3 is 2.50 bits per heavy atom. The van der Waals surface area contributed by atoms with E-state index in [2.05, 4.69) is 16.0 Å². The van der Waals surface area contributed by atoms with Crippen LogP contribution in [0.5, 0.6) is 5.75 Å². The molecule has 0 fully saturated rings. The fourth-order valence-corrected chi connectivity index (χ4v) is 2.01. The summed E-state index contributed by atoms with van der Waals surface area (Å²) < 4.78 is 19.7. The molecule has 1 aromatic carbocycles. The van der Waals surface area contributed by atoms with Gasteiger partial charge in [-0.25, -0.2) is 4.39 Å². The Balaban J connectivity index is 1.80. The summed E-state index contributed by atoms with van der Waals surface area (Å²) in [7, 11) is 0. The minimum Gasteiger partial charge on any atom is -0.481 e. The number of carbonyl (C=O) groups excluding carboxylic acids is 2. The van der Waals surface area contributed by atoms with Crippen molar-refractivity contribution in [2.45, 2.75) is 33.4 Å². The van der Waals surface area contributed by atoms with Gasteiger partial charge in [-0.3, -0.25) is 25.1 Å². The predicted octanol–water partition coefficient (Wildman–Crippen LogP) is 1.25. The lowest BCUT2D eigenvalue weighted by atomic mass is 10.3. The van der Waals surface area contributed by atoms with Crippen molar-refractivity contribution >= 4 is 11.8 Å². The van der Waals surface area contributed by atoms with Crippen LogP contribution in [0.3, 0.4) is 0 Å². The molecule has 2 amide bonds. The van der Waals surface area contributed by atoms with Crippen molar-refractivity contribution in [3.63, 3.8) is 0 Å². The number of ether oxygens (including phenoxy) is 1. The Hall–Kier alpha value is -2.90. The molecule has 0 saturated carbocycles. The summed E-state index contributed by atoms with van der Waals surface area (Å²) in [5.74, 6) is -0.978. The van der Waals surface area contributed by atoms with Gasteiger partial charge in [-0.05, 0) is 51.1 Å². The molecule has 0 aliphatic rings. The van der Waals surface area contributed by atoms with Gasteiger partial charge >= 0.3 is 0 Å². The molecule has 0 bridgehead atoms. The van der Waals surface area contributed by atoms with E-state index in [-0.39, 0.29) is 6.54 Å². The number of aromatic nitrogens is 2. The second-order valence-electron chi connectivity index (χ2n) is 5.34. The van der Waals surface area contributed by atoms with Crippen molar-refractivity contribution < 1.29 is 18.7 Å². The van der Waals surface area contributed by atoms with Gasteiger partial charge in [0, 0.05) is 5.69 Å². The van der Waals surface area contributed by atoms with E-state index in [1.165, 1.54) is 35.9 Å². The molecule has 0 spiro atoms. The topological polar surface area (TPSA) is 85.2 Å². The first kappa shape index (κ1) is 17.5. The van der Waals surface area contributed by atoms with Crippen LogP contribution >= 0.6 is 0 Å². The lowest BCUT2D eigenvalue weighted by Crippen LogP contribution is -2.48. The Morgan fingerprint density at radius 2 is 1.92 bits per heavy atom. The maximum absolute atomic E-state index is 12.8. The van der Waals surface area contributed by atoms with Crippen molar-refractivity contribution in [3.8, 4) is 5.75 Å². The Morgan fingerprint density at radius 1 is 1.25 bits per heavy atom. The zero-order valence-corrected chi connectivity index (χ0v) is 13.7. The van der Waals surface area contributed by atoms with Crippen LogP contribution in [0.15, 0.2) is 30.3 Å². The largest absolute Gasteiger partial charge is 0.481 e. The van der Waals surface area contributed by atoms with Crippen molar-refractivity contribution in [2.24, 2.45) is 0 Å². The fourth-order valence-electron chi connectivity index (χ4n) is 2.01. The van der Waals surface area contributed by atoms with Crippen molar-refractivity contribution in [1.82, 2.24) is 20.6 Å². The van der Waals surface area contributed by atoms with Crippen LogP contribution in [0.4, 0.5) is 4.39 Å². The van der Waals surface area contributed by atoms with E-state index in [9.17, 15) is 14.0 Å². The SMILES string of the molecule is Cc1cc(C)n(CC(=O)NNC(=O)C(C)Oc2ccc(F)cc2)n1. The van der Waals surface area contributed by atoms with Crippen LogP contribution in [-0.4, -0.2) is 27.7 Å². The molecule has 2 N–H and O–H groups in total. The molecule has 1 unspecified atom stereocenters. The first-order valence-electron chi connectivity index (χ1n) is 7.37. The molecule has 1 aromatic heterocycles. The minimum atomic E-state index is -0.857. The quantitative estimate of drug-likeness (QED) is 0.806. The van der Waals surface area contributed by atoms with Gasteiger partial charge in [0.15, 0.2) is 6.10 Å². The summed E-state index contributed by atoms with van der Waals surface area (Å²) in [6.45, 7) is 5.18. The highest BCUT2D eigenvalue weighted by molar-refractivity contribution is 5.84. The summed E-state index contributed by atoms with van der Waals surface area (Å²) >= 11 is 0. The van der Waals surface area contributed by atoms with Gasteiger partial charge in [-0.1, -0.05) is 0 Å². The van der Waals surface area contributed by atoms with E-state index in [0.29, 0.717) is 5.75 Å². The number of amides is 2. The van der Waals surface area contributed by atoms with Crippen LogP contribution in [0.1, 0.15) is 18.3 Å². The van der Waals surface area contributed by atoms with E-state index in [0.717, 1.165) is 11.4 Å². The molecule has 128 valence electrons. The smallest absolute Gasteiger partial charge is 0.279 e. The van der Waals surface area contributed by atoms with Crippen LogP contribution < -0.4 is 15.6 Å². The second-order valence-corrected chi connectivity index (χ2v) is 5.34. The minimum absolute atomic E-state index is 0.00679. The van der Waals surface area contributed by atoms with E-state index < -0.39 is 23.7 Å². The van der Waals surface area contributed by atoms with Crippen LogP contribution in [-0.2, 0) is 16.1 Å². The summed E-state index contributed by atoms with van der Waals surface area (Å²) in [5.41, 5.74) is 6.25. The Labute approximate surface area is 138 Å². The van der Waals surface area contributed by atoms with Gasteiger partial charge in [-0.15, -0.1) is 0 Å². The molecule has 0 saturated heterocycles. The van der Waals surface area contributed by atoms with E-state index in [1.807, 2.05) is 19.9 Å². The summed E-state index contributed by atoms with van der Waals surface area (Å²) in [6, 6.07) is 7.15. The number of aryl methyl sites for hydroxylation is 2. The van der Waals surface area contributed by atoms with Crippen molar-refractivity contribution in [2.75, 3.05) is 0 Å². The molecule has 8 heteroatoms. The van der Waals surface area contributed by atoms with E-state index in [4.69, 9.17) is 4.74 Å². The number of carbonyl (C=O) groups is 2. The molecule has 0 aliphatic carbocycles. The maximum Gasteiger partial charge on any atom is 0.279 e. The van der Waals surface area contributed by atoms with Gasteiger partial charge in [0.1, 0.15) is 18.1 Å². The first-order chi connectivity index (χ1) is 11.3. The van der Waals surface area contributed by atoms with Crippen LogP contribution in [0.25, 0.3) is 0 Å². The lowest BCUT2D eigenvalue weighted by Gasteiger charge is -2.15. The highest BCUT2D eigenvalue weighted by atomic mass is 19.1. The molecule has 1 atom stereocenters. The predicted molar refractivity (Wildman–Crippen MR) is 84.5 cm³/mol. The zero-order chi connectivity index (χ0) is 17.7. The zero-order valence-electron chi connectivity index (χ0n) is 13.7. The molecule has 0 radical (unpaired) electrons. The Bertz CT molecular complexity index is 727. The number of hydrogen-bond donors (Lipinski definition) is 2. The highest BCUT2D eigenvalue weighted by Crippen LogP contribution is 2.12. The van der Waals surface area contributed by atoms with Gasteiger partial charge in [0.25, 0.3) is 11.8 Å². The van der Waals surface area contributed by atoms with Gasteiger partial charge in [0.05, 0.1) is 5.69 Å². The molecule has 1 heterocycles. The summed E-state index contributed by atoms with van der Waals surface area (Å²) in [6.07, 6.45) is -0.857. The van der Waals surface area contributed by atoms with Gasteiger partial charge < -0.3 is 4.74 Å². The maximum atomic E-state index is 12.8. The van der Waals surface area contributed by atoms with E-state index >= 15 is 0 Å². The van der Waals surface area contributed by atoms with Crippen molar-refractivity contribution in [1.29, 1.82) is 0 Å². The highest BCUT2D eigenvalue weighted by Gasteiger charge is 2.16. The van der Waals surface area contributed by atoms with Crippen molar-refractivity contribution in [3.05, 3.63) is 47.5 Å². The number of hydrogen-bond acceptors (Lipinski definition) is 4. The molecular weight excluding hydrogens is 315 g/mol. The first-order valence-corrected chi connectivity index (χ1v) is 7.37. The second kappa shape index (κ2) is 7.58. The third kappa shape index (κ3) is 4.80. The standard InChI is InChI=1S/C16H19FN4O3/c1-10-8-11(2)21(20-10)9-15(22)18-19-16(23)12(3)24-14-6-4-13(17)5-7-14/h4-8,12H,9H2,1-3H3,(H,18,22)(H,19,23). The van der Waals surface area contributed by atoms with E-state index in [1.54, 1.807) is 0 Å². The number of rotatable bonds is 5. The number of nitrogens with one attached hydrogen (secondary N) is 2. The summed E-state index contributed by atoms with van der Waals surface area (Å²) in [5, 5.41) is 4.16. The molecule has 7 nitrogen and oxygen atoms in total. The lowest BCUT2D eigenvalue weighted by molar-refractivity contribution is -0.133. The molecule has 2 rings (SSSR count). The monoisotopic (exact) mass is 334 g/mol. The average molecular weight is 334 g/mol. The van der Waals surface area contributed by atoms with Gasteiger partial charge in [-0.2, -0.15) is 5.10 Å². The van der Waals surface area contributed by atoms with Crippen LogP contribution in [0, 0.1) is 19.7 Å². The number of halogens is 1. The molecule has 24 heavy (non-hydrogen) atoms. The number of hydrazine groups is 1. The third-order valence-electron chi connectivity index (χ3n) is 3.22. The fraction of sp³-hybridized carbons (Fsp3) is 0.312. The number of nitrogens with zero attached hydrogens (tertiary/aromatic N) is 2. The average Bonchev–Trinajstić information content (AvgIpc) is 2.84. The molecular formula is C16H19FN4O3. The van der Waals surface area contributed by atoms with Gasteiger partial charge in [0.2, 0.25) is 0 Å². The molecule has 2 aromatic rings. The number of benzene rings is 1. The molecule has 0 aliphatic heterocycles. The Kier molecular flexibility index (Phi) is 5.51. The van der Waals surface area contributed by atoms with Crippen LogP contribution in [0.2, 0.25) is 0 Å².